The average molecular weight is 347 g/mol. The van der Waals surface area contributed by atoms with E-state index in [1.165, 1.54) is 43.6 Å². The van der Waals surface area contributed by atoms with Crippen LogP contribution in [-0.4, -0.2) is 57.2 Å². The predicted octanol–water partition coefficient (Wildman–Crippen LogP) is 2.59. The minimum Gasteiger partial charge on any atom is -0.496 e. The number of benzene rings is 1. The van der Waals surface area contributed by atoms with E-state index in [4.69, 9.17) is 9.73 Å². The van der Waals surface area contributed by atoms with Crippen molar-refractivity contribution >= 4 is 5.96 Å². The van der Waals surface area contributed by atoms with Gasteiger partial charge in [0.15, 0.2) is 5.96 Å². The molecule has 1 aliphatic heterocycles. The monoisotopic (exact) mass is 346 g/mol. The number of methoxy groups -OCH3 is 1. The summed E-state index contributed by atoms with van der Waals surface area (Å²) in [5.41, 5.74) is 2.45. The van der Waals surface area contributed by atoms with Crippen LogP contribution < -0.4 is 15.4 Å². The maximum atomic E-state index is 5.40. The van der Waals surface area contributed by atoms with Crippen molar-refractivity contribution in [2.24, 2.45) is 4.99 Å². The Morgan fingerprint density at radius 2 is 2.04 bits per heavy atom. The van der Waals surface area contributed by atoms with Crippen LogP contribution in [0.1, 0.15) is 37.3 Å². The zero-order valence-corrected chi connectivity index (χ0v) is 16.1. The Balaban J connectivity index is 1.73. The quantitative estimate of drug-likeness (QED) is 0.410. The molecule has 1 aromatic rings. The standard InChI is InChI=1S/C20H34N4O/c1-4-21-20(22-11-7-15-24-13-5-6-14-24)23-12-10-18-9-8-17(2)19(16-18)25-3/h8-9,16H,4-7,10-15H2,1-3H3,(H2,21,22,23). The first kappa shape index (κ1) is 19.6. The third kappa shape index (κ3) is 6.94. The number of hydrogen-bond acceptors (Lipinski definition) is 3. The van der Waals surface area contributed by atoms with Crippen LogP contribution in [0.4, 0.5) is 0 Å². The van der Waals surface area contributed by atoms with Crippen LogP contribution in [0.5, 0.6) is 5.75 Å². The lowest BCUT2D eigenvalue weighted by atomic mass is 10.1. The molecule has 0 atom stereocenters. The number of nitrogens with zero attached hydrogens (tertiary/aromatic N) is 2. The molecule has 0 aliphatic carbocycles. The van der Waals surface area contributed by atoms with E-state index >= 15 is 0 Å². The third-order valence-corrected chi connectivity index (χ3v) is 4.62. The minimum absolute atomic E-state index is 0.865. The van der Waals surface area contributed by atoms with Crippen molar-refractivity contribution in [1.82, 2.24) is 15.5 Å². The first-order valence-corrected chi connectivity index (χ1v) is 9.61. The van der Waals surface area contributed by atoms with Crippen molar-refractivity contribution in [2.45, 2.75) is 39.5 Å². The van der Waals surface area contributed by atoms with Crippen LogP contribution in [-0.2, 0) is 6.42 Å². The molecule has 0 spiro atoms. The van der Waals surface area contributed by atoms with Crippen molar-refractivity contribution in [3.05, 3.63) is 29.3 Å². The Bertz CT molecular complexity index is 538. The third-order valence-electron chi connectivity index (χ3n) is 4.62. The second-order valence-electron chi connectivity index (χ2n) is 6.64. The van der Waals surface area contributed by atoms with Crippen LogP contribution in [0.2, 0.25) is 0 Å². The number of likely N-dealkylation sites (tertiary alicyclic amines) is 1. The van der Waals surface area contributed by atoms with Gasteiger partial charge < -0.3 is 20.3 Å². The van der Waals surface area contributed by atoms with Crippen molar-refractivity contribution in [3.63, 3.8) is 0 Å². The van der Waals surface area contributed by atoms with Gasteiger partial charge in [-0.2, -0.15) is 0 Å². The largest absolute Gasteiger partial charge is 0.496 e. The molecular formula is C20H34N4O. The maximum Gasteiger partial charge on any atom is 0.191 e. The van der Waals surface area contributed by atoms with Gasteiger partial charge in [0.2, 0.25) is 0 Å². The second-order valence-corrected chi connectivity index (χ2v) is 6.64. The summed E-state index contributed by atoms with van der Waals surface area (Å²) in [5.74, 6) is 1.88. The summed E-state index contributed by atoms with van der Waals surface area (Å²) in [7, 11) is 1.72. The van der Waals surface area contributed by atoms with Crippen LogP contribution >= 0.6 is 0 Å². The molecule has 1 fully saturated rings. The molecule has 0 amide bonds. The zero-order chi connectivity index (χ0) is 17.9. The van der Waals surface area contributed by atoms with Crippen molar-refractivity contribution < 1.29 is 4.74 Å². The van der Waals surface area contributed by atoms with Crippen molar-refractivity contribution in [3.8, 4) is 5.75 Å². The number of hydrogen-bond donors (Lipinski definition) is 2. The van der Waals surface area contributed by atoms with E-state index < -0.39 is 0 Å². The molecule has 1 aliphatic rings. The summed E-state index contributed by atoms with van der Waals surface area (Å²) in [6.07, 6.45) is 4.80. The Morgan fingerprint density at radius 3 is 2.76 bits per heavy atom. The fourth-order valence-corrected chi connectivity index (χ4v) is 3.18. The van der Waals surface area contributed by atoms with Gasteiger partial charge in [-0.1, -0.05) is 12.1 Å². The van der Waals surface area contributed by atoms with Gasteiger partial charge in [0.25, 0.3) is 0 Å². The van der Waals surface area contributed by atoms with Gasteiger partial charge in [-0.15, -0.1) is 0 Å². The van der Waals surface area contributed by atoms with Gasteiger partial charge in [-0.05, 0) is 76.4 Å². The molecule has 0 saturated carbocycles. The molecule has 1 heterocycles. The number of nitrogens with one attached hydrogen (secondary N) is 2. The molecule has 1 saturated heterocycles. The van der Waals surface area contributed by atoms with Gasteiger partial charge >= 0.3 is 0 Å². The Morgan fingerprint density at radius 1 is 1.24 bits per heavy atom. The first-order chi connectivity index (χ1) is 12.2. The molecule has 0 bridgehead atoms. The Labute approximate surface area is 152 Å². The van der Waals surface area contributed by atoms with Crippen LogP contribution in [0.25, 0.3) is 0 Å². The fourth-order valence-electron chi connectivity index (χ4n) is 3.18. The van der Waals surface area contributed by atoms with Gasteiger partial charge in [0.1, 0.15) is 5.75 Å². The zero-order valence-electron chi connectivity index (χ0n) is 16.1. The van der Waals surface area contributed by atoms with E-state index in [-0.39, 0.29) is 0 Å². The summed E-state index contributed by atoms with van der Waals surface area (Å²) in [6.45, 7) is 10.5. The second kappa shape index (κ2) is 11.0. The molecule has 0 radical (unpaired) electrons. The molecule has 2 N–H and O–H groups in total. The topological polar surface area (TPSA) is 48.9 Å². The maximum absolute atomic E-state index is 5.40. The van der Waals surface area contributed by atoms with E-state index in [0.29, 0.717) is 0 Å². The summed E-state index contributed by atoms with van der Waals surface area (Å²) < 4.78 is 5.40. The van der Waals surface area contributed by atoms with Crippen molar-refractivity contribution in [1.29, 1.82) is 0 Å². The summed E-state index contributed by atoms with van der Waals surface area (Å²) in [5, 5.41) is 6.76. The molecular weight excluding hydrogens is 312 g/mol. The van der Waals surface area contributed by atoms with Crippen LogP contribution in [0.15, 0.2) is 23.2 Å². The highest BCUT2D eigenvalue weighted by atomic mass is 16.5. The molecule has 0 aromatic heterocycles. The molecule has 5 heteroatoms. The lowest BCUT2D eigenvalue weighted by Gasteiger charge is -2.14. The highest BCUT2D eigenvalue weighted by Gasteiger charge is 2.10. The van der Waals surface area contributed by atoms with Crippen LogP contribution in [0.3, 0.4) is 0 Å². The number of guanidine groups is 1. The molecule has 140 valence electrons. The van der Waals surface area contributed by atoms with Gasteiger partial charge in [-0.25, -0.2) is 0 Å². The molecule has 0 unspecified atom stereocenters. The van der Waals surface area contributed by atoms with Gasteiger partial charge in [-0.3, -0.25) is 4.99 Å². The molecule has 25 heavy (non-hydrogen) atoms. The summed E-state index contributed by atoms with van der Waals surface area (Å²) in [6, 6.07) is 6.41. The minimum atomic E-state index is 0.865. The SMILES string of the molecule is CCNC(=NCCCN1CCCC1)NCCc1ccc(C)c(OC)c1. The number of aryl methyl sites for hydroxylation is 1. The molecule has 5 nitrogen and oxygen atoms in total. The highest BCUT2D eigenvalue weighted by Crippen LogP contribution is 2.18. The van der Waals surface area contributed by atoms with E-state index in [1.54, 1.807) is 7.11 Å². The first-order valence-electron chi connectivity index (χ1n) is 9.61. The average Bonchev–Trinajstić information content (AvgIpc) is 3.13. The summed E-state index contributed by atoms with van der Waals surface area (Å²) >= 11 is 0. The normalized spacial score (nSPS) is 15.4. The van der Waals surface area contributed by atoms with E-state index in [1.807, 2.05) is 0 Å². The van der Waals surface area contributed by atoms with Crippen molar-refractivity contribution in [2.75, 3.05) is 46.4 Å². The van der Waals surface area contributed by atoms with E-state index in [0.717, 1.165) is 44.2 Å². The summed E-state index contributed by atoms with van der Waals surface area (Å²) in [4.78, 5) is 7.24. The number of ether oxygens (including phenoxy) is 1. The Kier molecular flexibility index (Phi) is 8.60. The molecule has 2 rings (SSSR count). The Hall–Kier alpha value is -1.75. The highest BCUT2D eigenvalue weighted by molar-refractivity contribution is 5.79. The van der Waals surface area contributed by atoms with Gasteiger partial charge in [0, 0.05) is 19.6 Å². The lowest BCUT2D eigenvalue weighted by molar-refractivity contribution is 0.336. The van der Waals surface area contributed by atoms with E-state index in [2.05, 4.69) is 47.6 Å². The number of rotatable bonds is 9. The smallest absolute Gasteiger partial charge is 0.191 e. The van der Waals surface area contributed by atoms with E-state index in [9.17, 15) is 0 Å². The lowest BCUT2D eigenvalue weighted by Crippen LogP contribution is -2.38. The fraction of sp³-hybridized carbons (Fsp3) is 0.650. The predicted molar refractivity (Wildman–Crippen MR) is 106 cm³/mol. The van der Waals surface area contributed by atoms with Gasteiger partial charge in [0.05, 0.1) is 7.11 Å². The van der Waals surface area contributed by atoms with Crippen LogP contribution in [0, 0.1) is 6.92 Å². The molecule has 1 aromatic carbocycles. The number of aliphatic imine (C=N–C) groups is 1.